The highest BCUT2D eigenvalue weighted by atomic mass is 35.5. The van der Waals surface area contributed by atoms with Gasteiger partial charge in [0.15, 0.2) is 6.61 Å². The highest BCUT2D eigenvalue weighted by molar-refractivity contribution is 6.44. The number of non-ortho nitro benzene ring substituents is 1. The van der Waals surface area contributed by atoms with E-state index in [-0.39, 0.29) is 32.0 Å². The van der Waals surface area contributed by atoms with Gasteiger partial charge in [-0.3, -0.25) is 14.9 Å². The van der Waals surface area contributed by atoms with Gasteiger partial charge in [-0.25, -0.2) is 4.79 Å². The first-order valence-electron chi connectivity index (χ1n) is 6.64. The molecule has 0 aliphatic rings. The standard InChI is InChI=1S/C15H9Cl3N2O5/c16-10-5-12(18)13(6-11(10)17)19-14(21)7-25-15(22)8-1-3-9(4-2-8)20(23)24/h1-6H,7H2,(H,19,21). The van der Waals surface area contributed by atoms with E-state index >= 15 is 0 Å². The SMILES string of the molecule is O=C(COC(=O)c1ccc([N+](=O)[O-])cc1)Nc1cc(Cl)c(Cl)cc1Cl. The molecule has 0 fully saturated rings. The Morgan fingerprint density at radius 1 is 1.04 bits per heavy atom. The Balaban J connectivity index is 1.94. The van der Waals surface area contributed by atoms with E-state index in [0.717, 1.165) is 12.1 Å². The predicted molar refractivity (Wildman–Crippen MR) is 93.5 cm³/mol. The molecule has 0 saturated carbocycles. The molecule has 0 aliphatic carbocycles. The number of halogens is 3. The number of ether oxygens (including phenoxy) is 1. The van der Waals surface area contributed by atoms with Crippen molar-refractivity contribution < 1.29 is 19.2 Å². The molecular weight excluding hydrogens is 395 g/mol. The summed E-state index contributed by atoms with van der Waals surface area (Å²) in [5.74, 6) is -1.44. The lowest BCUT2D eigenvalue weighted by Crippen LogP contribution is -2.21. The quantitative estimate of drug-likeness (QED) is 0.346. The van der Waals surface area contributed by atoms with Gasteiger partial charge in [0, 0.05) is 12.1 Å². The topological polar surface area (TPSA) is 98.5 Å². The summed E-state index contributed by atoms with van der Waals surface area (Å²) in [6, 6.07) is 7.51. The zero-order chi connectivity index (χ0) is 18.6. The van der Waals surface area contributed by atoms with Gasteiger partial charge in [0.1, 0.15) is 0 Å². The summed E-state index contributed by atoms with van der Waals surface area (Å²) < 4.78 is 4.83. The maximum Gasteiger partial charge on any atom is 0.338 e. The van der Waals surface area contributed by atoms with E-state index in [1.165, 1.54) is 24.3 Å². The maximum absolute atomic E-state index is 11.8. The molecule has 0 spiro atoms. The van der Waals surface area contributed by atoms with Gasteiger partial charge in [0.05, 0.1) is 31.2 Å². The Morgan fingerprint density at radius 2 is 1.64 bits per heavy atom. The number of benzene rings is 2. The fourth-order valence-electron chi connectivity index (χ4n) is 1.74. The molecule has 0 radical (unpaired) electrons. The van der Waals surface area contributed by atoms with E-state index in [2.05, 4.69) is 5.32 Å². The largest absolute Gasteiger partial charge is 0.452 e. The average molecular weight is 404 g/mol. The molecule has 7 nitrogen and oxygen atoms in total. The smallest absolute Gasteiger partial charge is 0.338 e. The first kappa shape index (κ1) is 19.0. The summed E-state index contributed by atoms with van der Waals surface area (Å²) in [4.78, 5) is 33.6. The zero-order valence-corrected chi connectivity index (χ0v) is 14.6. The average Bonchev–Trinajstić information content (AvgIpc) is 2.57. The number of nitro groups is 1. The van der Waals surface area contributed by atoms with Gasteiger partial charge in [0.25, 0.3) is 11.6 Å². The van der Waals surface area contributed by atoms with Crippen LogP contribution in [0, 0.1) is 10.1 Å². The Kier molecular flexibility index (Phi) is 6.19. The molecule has 0 unspecified atom stereocenters. The second-order valence-electron chi connectivity index (χ2n) is 4.67. The van der Waals surface area contributed by atoms with Crippen LogP contribution in [0.15, 0.2) is 36.4 Å². The number of hydrogen-bond acceptors (Lipinski definition) is 5. The molecule has 1 N–H and O–H groups in total. The molecule has 0 heterocycles. The van der Waals surface area contributed by atoms with Crippen LogP contribution >= 0.6 is 34.8 Å². The van der Waals surface area contributed by atoms with E-state index < -0.39 is 23.4 Å². The van der Waals surface area contributed by atoms with Crippen LogP contribution < -0.4 is 5.32 Å². The summed E-state index contributed by atoms with van der Waals surface area (Å²) in [5, 5.41) is 13.6. The summed E-state index contributed by atoms with van der Waals surface area (Å²) in [6.45, 7) is -0.577. The number of hydrogen-bond donors (Lipinski definition) is 1. The molecule has 10 heteroatoms. The number of nitro benzene ring substituents is 1. The highest BCUT2D eigenvalue weighted by Gasteiger charge is 2.14. The number of amides is 1. The van der Waals surface area contributed by atoms with Crippen LogP contribution in [-0.2, 0) is 9.53 Å². The van der Waals surface area contributed by atoms with E-state index in [1.54, 1.807) is 0 Å². The van der Waals surface area contributed by atoms with Gasteiger partial charge < -0.3 is 10.1 Å². The van der Waals surface area contributed by atoms with Crippen molar-refractivity contribution in [1.82, 2.24) is 0 Å². The predicted octanol–water partition coefficient (Wildman–Crippen LogP) is 4.35. The first-order chi connectivity index (χ1) is 11.8. The Labute approximate surface area is 156 Å². The summed E-state index contributed by atoms with van der Waals surface area (Å²) in [5.41, 5.74) is 0.127. The van der Waals surface area contributed by atoms with Gasteiger partial charge in [-0.2, -0.15) is 0 Å². The van der Waals surface area contributed by atoms with Crippen LogP contribution in [0.2, 0.25) is 15.1 Å². The normalized spacial score (nSPS) is 10.2. The second-order valence-corrected chi connectivity index (χ2v) is 5.90. The Bertz CT molecular complexity index is 840. The fourth-order valence-corrected chi connectivity index (χ4v) is 2.33. The second kappa shape index (κ2) is 8.15. The molecule has 0 bridgehead atoms. The summed E-state index contributed by atoms with van der Waals surface area (Å²) in [6.07, 6.45) is 0. The lowest BCUT2D eigenvalue weighted by Gasteiger charge is -2.09. The molecule has 2 aromatic rings. The molecular formula is C15H9Cl3N2O5. The summed E-state index contributed by atoms with van der Waals surface area (Å²) in [7, 11) is 0. The molecule has 0 saturated heterocycles. The van der Waals surface area contributed by atoms with Crippen LogP contribution in [0.4, 0.5) is 11.4 Å². The van der Waals surface area contributed by atoms with E-state index in [4.69, 9.17) is 39.5 Å². The molecule has 2 rings (SSSR count). The van der Waals surface area contributed by atoms with Crippen molar-refractivity contribution in [2.45, 2.75) is 0 Å². The van der Waals surface area contributed by atoms with Crippen molar-refractivity contribution in [3.05, 3.63) is 67.1 Å². The number of anilines is 1. The lowest BCUT2D eigenvalue weighted by atomic mass is 10.2. The highest BCUT2D eigenvalue weighted by Crippen LogP contribution is 2.32. The van der Waals surface area contributed by atoms with E-state index in [0.29, 0.717) is 0 Å². The maximum atomic E-state index is 11.8. The van der Waals surface area contributed by atoms with E-state index in [1.807, 2.05) is 0 Å². The third-order valence-corrected chi connectivity index (χ3v) is 3.97. The van der Waals surface area contributed by atoms with Crippen molar-refractivity contribution in [1.29, 1.82) is 0 Å². The molecule has 25 heavy (non-hydrogen) atoms. The van der Waals surface area contributed by atoms with Crippen molar-refractivity contribution in [3.63, 3.8) is 0 Å². The third kappa shape index (κ3) is 5.06. The van der Waals surface area contributed by atoms with Crippen molar-refractivity contribution in [2.24, 2.45) is 0 Å². The number of rotatable bonds is 5. The van der Waals surface area contributed by atoms with Crippen LogP contribution in [0.25, 0.3) is 0 Å². The minimum absolute atomic E-state index is 0.0750. The molecule has 0 aliphatic heterocycles. The summed E-state index contributed by atoms with van der Waals surface area (Å²) >= 11 is 17.5. The number of nitrogens with one attached hydrogen (secondary N) is 1. The van der Waals surface area contributed by atoms with Crippen molar-refractivity contribution in [2.75, 3.05) is 11.9 Å². The third-order valence-electron chi connectivity index (χ3n) is 2.93. The van der Waals surface area contributed by atoms with Crippen molar-refractivity contribution in [3.8, 4) is 0 Å². The van der Waals surface area contributed by atoms with E-state index in [9.17, 15) is 19.7 Å². The van der Waals surface area contributed by atoms with Crippen LogP contribution in [0.1, 0.15) is 10.4 Å². The minimum atomic E-state index is -0.801. The number of esters is 1. The molecule has 1 amide bonds. The van der Waals surface area contributed by atoms with Crippen LogP contribution in [0.5, 0.6) is 0 Å². The molecule has 2 aromatic carbocycles. The monoisotopic (exact) mass is 402 g/mol. The lowest BCUT2D eigenvalue weighted by molar-refractivity contribution is -0.384. The van der Waals surface area contributed by atoms with Crippen LogP contribution in [0.3, 0.4) is 0 Å². The molecule has 0 aromatic heterocycles. The van der Waals surface area contributed by atoms with Gasteiger partial charge in [-0.1, -0.05) is 34.8 Å². The minimum Gasteiger partial charge on any atom is -0.452 e. The first-order valence-corrected chi connectivity index (χ1v) is 7.77. The van der Waals surface area contributed by atoms with Gasteiger partial charge >= 0.3 is 5.97 Å². The van der Waals surface area contributed by atoms with Gasteiger partial charge in [-0.15, -0.1) is 0 Å². The Hall–Kier alpha value is -2.35. The molecule has 0 atom stereocenters. The number of carbonyl (C=O) groups excluding carboxylic acids is 2. The molecule has 130 valence electrons. The zero-order valence-electron chi connectivity index (χ0n) is 12.3. The van der Waals surface area contributed by atoms with Crippen molar-refractivity contribution >= 4 is 58.1 Å². The Morgan fingerprint density at radius 3 is 2.24 bits per heavy atom. The number of carbonyl (C=O) groups is 2. The fraction of sp³-hybridized carbons (Fsp3) is 0.0667. The van der Waals surface area contributed by atoms with Gasteiger partial charge in [0.2, 0.25) is 0 Å². The van der Waals surface area contributed by atoms with Gasteiger partial charge in [-0.05, 0) is 24.3 Å². The van der Waals surface area contributed by atoms with Crippen LogP contribution in [-0.4, -0.2) is 23.4 Å². The number of nitrogens with zero attached hydrogens (tertiary/aromatic N) is 1.